The van der Waals surface area contributed by atoms with E-state index in [1.807, 2.05) is 7.05 Å². The summed E-state index contributed by atoms with van der Waals surface area (Å²) in [6, 6.07) is 13.5. The zero-order valence-electron chi connectivity index (χ0n) is 11.8. The third kappa shape index (κ3) is 3.47. The van der Waals surface area contributed by atoms with Gasteiger partial charge in [0.25, 0.3) is 0 Å². The third-order valence-corrected chi connectivity index (χ3v) is 4.97. The summed E-state index contributed by atoms with van der Waals surface area (Å²) in [6.07, 6.45) is 0. The minimum Gasteiger partial charge on any atom is -0.309 e. The standard InChI is InChI=1S/C16H20BrNS/c1-16(2,3)12-7-5-11(6-8-12)15(18-4)13-9-10-14(17)19-13/h5-10,15,18H,1-4H3. The van der Waals surface area contributed by atoms with Crippen molar-refractivity contribution in [1.29, 1.82) is 0 Å². The minimum absolute atomic E-state index is 0.208. The molecule has 2 aromatic rings. The molecule has 1 heterocycles. The Hall–Kier alpha value is -0.640. The van der Waals surface area contributed by atoms with Crippen molar-refractivity contribution in [1.82, 2.24) is 5.32 Å². The highest BCUT2D eigenvalue weighted by Crippen LogP contribution is 2.32. The first kappa shape index (κ1) is 14.8. The van der Waals surface area contributed by atoms with Crippen molar-refractivity contribution in [3.63, 3.8) is 0 Å². The predicted molar refractivity (Wildman–Crippen MR) is 88.1 cm³/mol. The average Bonchev–Trinajstić information content (AvgIpc) is 2.76. The van der Waals surface area contributed by atoms with E-state index in [1.165, 1.54) is 19.8 Å². The van der Waals surface area contributed by atoms with Gasteiger partial charge in [0, 0.05) is 4.88 Å². The highest BCUT2D eigenvalue weighted by Gasteiger charge is 2.17. The van der Waals surface area contributed by atoms with Gasteiger partial charge in [-0.15, -0.1) is 11.3 Å². The highest BCUT2D eigenvalue weighted by atomic mass is 79.9. The minimum atomic E-state index is 0.208. The molecular formula is C16H20BrNS. The third-order valence-electron chi connectivity index (χ3n) is 3.28. The number of rotatable bonds is 3. The van der Waals surface area contributed by atoms with Gasteiger partial charge in [-0.2, -0.15) is 0 Å². The van der Waals surface area contributed by atoms with Gasteiger partial charge in [0.1, 0.15) is 0 Å². The quantitative estimate of drug-likeness (QED) is 0.819. The van der Waals surface area contributed by atoms with Gasteiger partial charge in [-0.05, 0) is 51.7 Å². The van der Waals surface area contributed by atoms with E-state index in [4.69, 9.17) is 0 Å². The molecule has 0 aliphatic heterocycles. The van der Waals surface area contributed by atoms with Crippen molar-refractivity contribution >= 4 is 27.3 Å². The molecule has 0 saturated carbocycles. The fourth-order valence-corrected chi connectivity index (χ4v) is 3.69. The second-order valence-corrected chi connectivity index (χ2v) is 8.23. The van der Waals surface area contributed by atoms with Crippen LogP contribution in [0.3, 0.4) is 0 Å². The summed E-state index contributed by atoms with van der Waals surface area (Å²) in [6.45, 7) is 6.73. The number of hydrogen-bond acceptors (Lipinski definition) is 2. The zero-order chi connectivity index (χ0) is 14.0. The highest BCUT2D eigenvalue weighted by molar-refractivity contribution is 9.11. The maximum absolute atomic E-state index is 3.53. The Kier molecular flexibility index (Phi) is 4.49. The van der Waals surface area contributed by atoms with Gasteiger partial charge < -0.3 is 5.32 Å². The maximum atomic E-state index is 3.53. The summed E-state index contributed by atoms with van der Waals surface area (Å²) in [5.41, 5.74) is 2.89. The number of benzene rings is 1. The Bertz CT molecular complexity index is 537. The first-order valence-electron chi connectivity index (χ1n) is 6.45. The first-order valence-corrected chi connectivity index (χ1v) is 8.05. The zero-order valence-corrected chi connectivity index (χ0v) is 14.2. The van der Waals surface area contributed by atoms with Crippen molar-refractivity contribution in [3.05, 3.63) is 56.2 Å². The van der Waals surface area contributed by atoms with E-state index < -0.39 is 0 Å². The maximum Gasteiger partial charge on any atom is 0.0702 e. The lowest BCUT2D eigenvalue weighted by Gasteiger charge is -2.21. The van der Waals surface area contributed by atoms with Crippen LogP contribution in [0.25, 0.3) is 0 Å². The molecule has 1 unspecified atom stereocenters. The fraction of sp³-hybridized carbons (Fsp3) is 0.375. The normalized spacial score (nSPS) is 13.5. The SMILES string of the molecule is CNC(c1ccc(C(C)(C)C)cc1)c1ccc(Br)s1. The Morgan fingerprint density at radius 1 is 1.05 bits per heavy atom. The molecule has 0 spiro atoms. The lowest BCUT2D eigenvalue weighted by molar-refractivity contribution is 0.589. The summed E-state index contributed by atoms with van der Waals surface area (Å²) in [5, 5.41) is 3.40. The Labute approximate surface area is 128 Å². The van der Waals surface area contributed by atoms with E-state index in [2.05, 4.69) is 78.4 Å². The van der Waals surface area contributed by atoms with Gasteiger partial charge >= 0.3 is 0 Å². The number of nitrogens with one attached hydrogen (secondary N) is 1. The van der Waals surface area contributed by atoms with Crippen molar-refractivity contribution in [3.8, 4) is 0 Å². The lowest BCUT2D eigenvalue weighted by Crippen LogP contribution is -2.17. The van der Waals surface area contributed by atoms with Gasteiger partial charge in [-0.3, -0.25) is 0 Å². The second kappa shape index (κ2) is 5.78. The van der Waals surface area contributed by atoms with Crippen molar-refractivity contribution in [2.45, 2.75) is 32.2 Å². The van der Waals surface area contributed by atoms with E-state index in [1.54, 1.807) is 11.3 Å². The molecule has 0 aliphatic rings. The van der Waals surface area contributed by atoms with Crippen molar-refractivity contribution in [2.75, 3.05) is 7.05 Å². The van der Waals surface area contributed by atoms with Crippen LogP contribution in [-0.2, 0) is 5.41 Å². The van der Waals surface area contributed by atoms with E-state index in [0.717, 1.165) is 0 Å². The fourth-order valence-electron chi connectivity index (χ4n) is 2.13. The molecule has 2 rings (SSSR count). The van der Waals surface area contributed by atoms with Gasteiger partial charge in [0.05, 0.1) is 9.83 Å². The van der Waals surface area contributed by atoms with E-state index in [-0.39, 0.29) is 11.5 Å². The molecule has 19 heavy (non-hydrogen) atoms. The molecule has 0 aliphatic carbocycles. The molecule has 0 saturated heterocycles. The Balaban J connectivity index is 2.30. The summed E-state index contributed by atoms with van der Waals surface area (Å²) >= 11 is 5.31. The van der Waals surface area contributed by atoms with Crippen LogP contribution in [0.15, 0.2) is 40.2 Å². The van der Waals surface area contributed by atoms with Crippen LogP contribution in [0.2, 0.25) is 0 Å². The molecule has 0 fully saturated rings. The monoisotopic (exact) mass is 337 g/mol. The van der Waals surface area contributed by atoms with Crippen molar-refractivity contribution < 1.29 is 0 Å². The molecule has 0 radical (unpaired) electrons. The van der Waals surface area contributed by atoms with Crippen LogP contribution < -0.4 is 5.32 Å². The summed E-state index contributed by atoms with van der Waals surface area (Å²) in [7, 11) is 2.01. The Morgan fingerprint density at radius 3 is 2.11 bits per heavy atom. The van der Waals surface area contributed by atoms with E-state index in [9.17, 15) is 0 Å². The van der Waals surface area contributed by atoms with Gasteiger partial charge in [0.2, 0.25) is 0 Å². The van der Waals surface area contributed by atoms with E-state index in [0.29, 0.717) is 0 Å². The summed E-state index contributed by atoms with van der Waals surface area (Å²) in [4.78, 5) is 1.33. The van der Waals surface area contributed by atoms with Gasteiger partial charge in [-0.1, -0.05) is 45.0 Å². The number of hydrogen-bond donors (Lipinski definition) is 1. The second-order valence-electron chi connectivity index (χ2n) is 5.74. The number of halogens is 1. The molecule has 1 aromatic heterocycles. The lowest BCUT2D eigenvalue weighted by atomic mass is 9.86. The molecule has 1 aromatic carbocycles. The molecule has 1 atom stereocenters. The van der Waals surface area contributed by atoms with Gasteiger partial charge in [-0.25, -0.2) is 0 Å². The van der Waals surface area contributed by atoms with Crippen LogP contribution >= 0.6 is 27.3 Å². The molecule has 1 nitrogen and oxygen atoms in total. The molecule has 3 heteroatoms. The topological polar surface area (TPSA) is 12.0 Å². The largest absolute Gasteiger partial charge is 0.309 e. The van der Waals surface area contributed by atoms with Crippen LogP contribution in [-0.4, -0.2) is 7.05 Å². The Morgan fingerprint density at radius 2 is 1.68 bits per heavy atom. The number of thiophene rings is 1. The van der Waals surface area contributed by atoms with Crippen LogP contribution in [0.4, 0.5) is 0 Å². The molecule has 0 bridgehead atoms. The molecule has 102 valence electrons. The summed E-state index contributed by atoms with van der Waals surface area (Å²) < 4.78 is 1.18. The smallest absolute Gasteiger partial charge is 0.0702 e. The van der Waals surface area contributed by atoms with Crippen molar-refractivity contribution in [2.24, 2.45) is 0 Å². The van der Waals surface area contributed by atoms with Crippen LogP contribution in [0, 0.1) is 0 Å². The first-order chi connectivity index (χ1) is 8.91. The van der Waals surface area contributed by atoms with Crippen LogP contribution in [0.5, 0.6) is 0 Å². The molecular weight excluding hydrogens is 318 g/mol. The van der Waals surface area contributed by atoms with Gasteiger partial charge in [0.15, 0.2) is 0 Å². The summed E-state index contributed by atoms with van der Waals surface area (Å²) in [5.74, 6) is 0. The molecule has 0 amide bonds. The van der Waals surface area contributed by atoms with Crippen LogP contribution in [0.1, 0.15) is 42.8 Å². The average molecular weight is 338 g/mol. The predicted octanol–water partition coefficient (Wildman–Crippen LogP) is 5.12. The van der Waals surface area contributed by atoms with E-state index >= 15 is 0 Å². The molecule has 1 N–H and O–H groups in total.